The molecule has 33 heavy (non-hydrogen) atoms. The average Bonchev–Trinajstić information content (AvgIpc) is 3.37. The van der Waals surface area contributed by atoms with Crippen molar-refractivity contribution in [2.45, 2.75) is 26.3 Å². The lowest BCUT2D eigenvalue weighted by atomic mass is 10.2. The largest absolute Gasteiger partial charge is 0.333 e. The van der Waals surface area contributed by atoms with Crippen molar-refractivity contribution in [1.29, 1.82) is 0 Å². The quantitative estimate of drug-likeness (QED) is 0.153. The number of nitrogens with zero attached hydrogens (tertiary/aromatic N) is 3. The lowest BCUT2D eigenvalue weighted by Crippen LogP contribution is -2.19. The maximum atomic E-state index is 5.20. The molecule has 0 spiro atoms. The summed E-state index contributed by atoms with van der Waals surface area (Å²) in [4.78, 5) is 5.20. The molecule has 6 aromatic rings. The molecule has 2 aromatic heterocycles. The molecule has 0 aliphatic carbocycles. The van der Waals surface area contributed by atoms with Gasteiger partial charge in [0, 0.05) is 39.1 Å². The van der Waals surface area contributed by atoms with Gasteiger partial charge < -0.3 is 4.57 Å². The Labute approximate surface area is 193 Å². The highest BCUT2D eigenvalue weighted by Crippen LogP contribution is 2.31. The van der Waals surface area contributed by atoms with Gasteiger partial charge in [-0.15, -0.1) is 0 Å². The van der Waals surface area contributed by atoms with Crippen LogP contribution in [0.3, 0.4) is 0 Å². The Balaban J connectivity index is 1.61. The van der Waals surface area contributed by atoms with Crippen LogP contribution in [0.2, 0.25) is 0 Å². The second-order valence-corrected chi connectivity index (χ2v) is 8.64. The molecule has 162 valence electrons. The SMILES string of the molecule is CCCCN=C(Cn1c2ccccc2c2ccccc21)n1c2ccccc2c2ccccc21. The van der Waals surface area contributed by atoms with Crippen LogP contribution < -0.4 is 0 Å². The predicted molar refractivity (Wildman–Crippen MR) is 141 cm³/mol. The van der Waals surface area contributed by atoms with Gasteiger partial charge >= 0.3 is 0 Å². The molecule has 2 heterocycles. The third kappa shape index (κ3) is 3.23. The zero-order valence-electron chi connectivity index (χ0n) is 18.9. The Morgan fingerprint density at radius 3 is 1.52 bits per heavy atom. The molecule has 3 heteroatoms. The van der Waals surface area contributed by atoms with E-state index in [0.29, 0.717) is 0 Å². The summed E-state index contributed by atoms with van der Waals surface area (Å²) in [5, 5.41) is 5.14. The molecular formula is C30H27N3. The molecule has 0 saturated carbocycles. The van der Waals surface area contributed by atoms with Gasteiger partial charge in [0.25, 0.3) is 0 Å². The Kier molecular flexibility index (Phi) is 4.95. The second-order valence-electron chi connectivity index (χ2n) is 8.64. The summed E-state index contributed by atoms with van der Waals surface area (Å²) >= 11 is 0. The molecule has 0 fully saturated rings. The number of rotatable bonds is 5. The van der Waals surface area contributed by atoms with E-state index in [9.17, 15) is 0 Å². The fraction of sp³-hybridized carbons (Fsp3) is 0.167. The molecule has 6 rings (SSSR count). The van der Waals surface area contributed by atoms with Crippen LogP contribution in [0.15, 0.2) is 102 Å². The van der Waals surface area contributed by atoms with E-state index in [1.807, 2.05) is 0 Å². The molecule has 0 saturated heterocycles. The van der Waals surface area contributed by atoms with E-state index in [1.54, 1.807) is 0 Å². The van der Waals surface area contributed by atoms with Crippen LogP contribution in [0.4, 0.5) is 0 Å². The predicted octanol–water partition coefficient (Wildman–Crippen LogP) is 7.65. The van der Waals surface area contributed by atoms with Crippen LogP contribution in [0, 0.1) is 0 Å². The number of aliphatic imine (C=N–C) groups is 1. The summed E-state index contributed by atoms with van der Waals surface area (Å²) in [6, 6.07) is 34.8. The number of unbranched alkanes of at least 4 members (excludes halogenated alkanes) is 1. The highest BCUT2D eigenvalue weighted by Gasteiger charge is 2.17. The molecule has 0 unspecified atom stereocenters. The third-order valence-corrected chi connectivity index (χ3v) is 6.62. The van der Waals surface area contributed by atoms with E-state index in [1.165, 1.54) is 43.6 Å². The molecule has 0 N–H and O–H groups in total. The van der Waals surface area contributed by atoms with Gasteiger partial charge in [-0.1, -0.05) is 86.1 Å². The molecule has 4 aromatic carbocycles. The summed E-state index contributed by atoms with van der Waals surface area (Å²) in [6.07, 6.45) is 2.23. The maximum Gasteiger partial charge on any atom is 0.128 e. The van der Waals surface area contributed by atoms with Crippen molar-refractivity contribution < 1.29 is 0 Å². The normalized spacial score (nSPS) is 12.5. The Morgan fingerprint density at radius 2 is 1.03 bits per heavy atom. The van der Waals surface area contributed by atoms with Crippen molar-refractivity contribution in [2.24, 2.45) is 4.99 Å². The lowest BCUT2D eigenvalue weighted by Gasteiger charge is -2.15. The number of benzene rings is 4. The fourth-order valence-corrected chi connectivity index (χ4v) is 5.07. The number of fused-ring (bicyclic) bond motifs is 6. The lowest BCUT2D eigenvalue weighted by molar-refractivity contribution is 0.793. The van der Waals surface area contributed by atoms with E-state index < -0.39 is 0 Å². The van der Waals surface area contributed by atoms with Crippen LogP contribution in [0.5, 0.6) is 0 Å². The number of aromatic nitrogens is 2. The Bertz CT molecular complexity index is 1520. The first-order chi connectivity index (χ1) is 16.4. The van der Waals surface area contributed by atoms with Gasteiger partial charge in [-0.05, 0) is 30.7 Å². The van der Waals surface area contributed by atoms with Crippen molar-refractivity contribution in [2.75, 3.05) is 6.54 Å². The van der Waals surface area contributed by atoms with E-state index >= 15 is 0 Å². The zero-order valence-corrected chi connectivity index (χ0v) is 18.9. The smallest absolute Gasteiger partial charge is 0.128 e. The molecule has 0 aliphatic heterocycles. The first-order valence-corrected chi connectivity index (χ1v) is 11.8. The molecule has 3 nitrogen and oxygen atoms in total. The standard InChI is InChI=1S/C30H27N3/c1-2-3-20-31-30(33-28-18-10-6-14-24(28)25-15-7-11-19-29(25)33)21-32-26-16-8-4-12-22(26)23-13-5-9-17-27(23)32/h4-19H,2-3,20-21H2,1H3. The van der Waals surface area contributed by atoms with Gasteiger partial charge in [0.05, 0.1) is 17.6 Å². The van der Waals surface area contributed by atoms with Gasteiger partial charge in [-0.25, -0.2) is 0 Å². The van der Waals surface area contributed by atoms with Crippen LogP contribution in [0.1, 0.15) is 19.8 Å². The van der Waals surface area contributed by atoms with E-state index in [4.69, 9.17) is 4.99 Å². The molecule has 0 atom stereocenters. The van der Waals surface area contributed by atoms with Gasteiger partial charge in [-0.2, -0.15) is 0 Å². The van der Waals surface area contributed by atoms with Crippen molar-refractivity contribution >= 4 is 49.4 Å². The minimum absolute atomic E-state index is 0.723. The van der Waals surface area contributed by atoms with Crippen LogP contribution in [-0.2, 0) is 6.54 Å². The van der Waals surface area contributed by atoms with E-state index in [0.717, 1.165) is 31.8 Å². The summed E-state index contributed by atoms with van der Waals surface area (Å²) in [5.74, 6) is 1.09. The summed E-state index contributed by atoms with van der Waals surface area (Å²) in [7, 11) is 0. The second kappa shape index (κ2) is 8.25. The van der Waals surface area contributed by atoms with Crippen molar-refractivity contribution in [1.82, 2.24) is 9.13 Å². The van der Waals surface area contributed by atoms with Gasteiger partial charge in [0.1, 0.15) is 5.84 Å². The zero-order chi connectivity index (χ0) is 22.2. The van der Waals surface area contributed by atoms with Gasteiger partial charge in [0.15, 0.2) is 0 Å². The topological polar surface area (TPSA) is 22.2 Å². The highest BCUT2D eigenvalue weighted by atomic mass is 15.1. The monoisotopic (exact) mass is 429 g/mol. The van der Waals surface area contributed by atoms with Crippen LogP contribution >= 0.6 is 0 Å². The van der Waals surface area contributed by atoms with Crippen molar-refractivity contribution in [3.05, 3.63) is 97.1 Å². The van der Waals surface area contributed by atoms with Crippen LogP contribution in [0.25, 0.3) is 43.6 Å². The third-order valence-electron chi connectivity index (χ3n) is 6.62. The molecule has 0 aliphatic rings. The molecular weight excluding hydrogens is 402 g/mol. The van der Waals surface area contributed by atoms with Crippen molar-refractivity contribution in [3.63, 3.8) is 0 Å². The first-order valence-electron chi connectivity index (χ1n) is 11.8. The first kappa shape index (κ1) is 19.8. The molecule has 0 radical (unpaired) electrons. The molecule has 0 amide bonds. The summed E-state index contributed by atoms with van der Waals surface area (Å²) < 4.78 is 4.81. The summed E-state index contributed by atoms with van der Waals surface area (Å²) in [5.41, 5.74) is 4.94. The summed E-state index contributed by atoms with van der Waals surface area (Å²) in [6.45, 7) is 3.78. The fourth-order valence-electron chi connectivity index (χ4n) is 5.07. The minimum atomic E-state index is 0.723. The minimum Gasteiger partial charge on any atom is -0.333 e. The Hall–Kier alpha value is -3.85. The maximum absolute atomic E-state index is 5.20. The number of para-hydroxylation sites is 4. The number of hydrogen-bond donors (Lipinski definition) is 0. The highest BCUT2D eigenvalue weighted by molar-refractivity contribution is 6.15. The average molecular weight is 430 g/mol. The number of hydrogen-bond acceptors (Lipinski definition) is 1. The molecule has 0 bridgehead atoms. The van der Waals surface area contributed by atoms with E-state index in [-0.39, 0.29) is 0 Å². The van der Waals surface area contributed by atoms with Crippen molar-refractivity contribution in [3.8, 4) is 0 Å². The van der Waals surface area contributed by atoms with Gasteiger partial charge in [-0.3, -0.25) is 9.56 Å². The van der Waals surface area contributed by atoms with E-state index in [2.05, 4.69) is 113 Å². The van der Waals surface area contributed by atoms with Crippen LogP contribution in [-0.4, -0.2) is 21.5 Å². The Morgan fingerprint density at radius 1 is 0.606 bits per heavy atom. The van der Waals surface area contributed by atoms with Gasteiger partial charge in [0.2, 0.25) is 0 Å².